The van der Waals surface area contributed by atoms with Crippen LogP contribution in [0, 0.1) is 5.92 Å². The summed E-state index contributed by atoms with van der Waals surface area (Å²) in [5.41, 5.74) is 0.139. The second-order valence-electron chi connectivity index (χ2n) is 6.15. The number of hydrogen-bond acceptors (Lipinski definition) is 7. The van der Waals surface area contributed by atoms with Crippen LogP contribution in [0.25, 0.3) is 0 Å². The van der Waals surface area contributed by atoms with E-state index in [1.54, 1.807) is 6.07 Å². The molecule has 10 heteroatoms. The summed E-state index contributed by atoms with van der Waals surface area (Å²) in [5.74, 6) is -1.08. The van der Waals surface area contributed by atoms with Gasteiger partial charge < -0.3 is 20.1 Å². The minimum Gasteiger partial charge on any atom is -0.451 e. The van der Waals surface area contributed by atoms with E-state index in [0.717, 1.165) is 13.0 Å². The zero-order valence-electron chi connectivity index (χ0n) is 15.4. The first-order chi connectivity index (χ1) is 13.3. The van der Waals surface area contributed by atoms with Crippen LogP contribution in [0.4, 0.5) is 19.6 Å². The molecule has 0 aliphatic heterocycles. The number of rotatable bonds is 10. The van der Waals surface area contributed by atoms with Gasteiger partial charge in [-0.05, 0) is 24.5 Å². The number of hydrogen-bond donors (Lipinski definition) is 2. The summed E-state index contributed by atoms with van der Waals surface area (Å²) in [7, 11) is 0. The highest BCUT2D eigenvalue weighted by atomic mass is 32.1. The van der Waals surface area contributed by atoms with Gasteiger partial charge >= 0.3 is 12.6 Å². The predicted octanol–water partition coefficient (Wildman–Crippen LogP) is 4.00. The van der Waals surface area contributed by atoms with E-state index >= 15 is 0 Å². The van der Waals surface area contributed by atoms with Gasteiger partial charge in [0.1, 0.15) is 5.75 Å². The number of aromatic nitrogens is 1. The number of amides is 1. The molecular weight excluding hydrogens is 392 g/mol. The van der Waals surface area contributed by atoms with Gasteiger partial charge in [0, 0.05) is 11.9 Å². The first kappa shape index (κ1) is 21.5. The van der Waals surface area contributed by atoms with Crippen molar-refractivity contribution in [3.05, 3.63) is 35.3 Å². The molecule has 0 aliphatic carbocycles. The van der Waals surface area contributed by atoms with Crippen LogP contribution in [-0.4, -0.2) is 36.6 Å². The van der Waals surface area contributed by atoms with Crippen LogP contribution in [0.15, 0.2) is 29.6 Å². The molecule has 2 N–H and O–H groups in total. The van der Waals surface area contributed by atoms with Crippen molar-refractivity contribution in [3.63, 3.8) is 0 Å². The fraction of sp³-hybridized carbons (Fsp3) is 0.389. The minimum atomic E-state index is -3.02. The average molecular weight is 413 g/mol. The highest BCUT2D eigenvalue weighted by Crippen LogP contribution is 2.25. The molecule has 1 aromatic heterocycles. The number of ether oxygens (including phenoxy) is 2. The van der Waals surface area contributed by atoms with Crippen molar-refractivity contribution in [2.45, 2.75) is 26.9 Å². The molecule has 0 saturated carbocycles. The molecule has 1 heterocycles. The second-order valence-corrected chi connectivity index (χ2v) is 7.00. The van der Waals surface area contributed by atoms with Crippen LogP contribution in [0.2, 0.25) is 0 Å². The lowest BCUT2D eigenvalue weighted by atomic mass is 10.1. The molecule has 1 aromatic carbocycles. The summed E-state index contributed by atoms with van der Waals surface area (Å²) in [6.45, 7) is 1.34. The van der Waals surface area contributed by atoms with Crippen molar-refractivity contribution >= 4 is 34.0 Å². The smallest absolute Gasteiger partial charge is 0.387 e. The summed E-state index contributed by atoms with van der Waals surface area (Å²) >= 11 is 1.26. The number of anilines is 2. The third-order valence-corrected chi connectivity index (χ3v) is 4.22. The van der Waals surface area contributed by atoms with Gasteiger partial charge in [0.2, 0.25) is 0 Å². The van der Waals surface area contributed by atoms with Gasteiger partial charge in [0.05, 0.1) is 5.69 Å². The van der Waals surface area contributed by atoms with Gasteiger partial charge in [-0.15, -0.1) is 11.3 Å². The Balaban J connectivity index is 1.83. The Labute approximate surface area is 165 Å². The predicted molar refractivity (Wildman–Crippen MR) is 102 cm³/mol. The first-order valence-electron chi connectivity index (χ1n) is 8.55. The number of thiazole rings is 1. The van der Waals surface area contributed by atoms with Crippen molar-refractivity contribution < 1.29 is 27.8 Å². The van der Waals surface area contributed by atoms with Crippen molar-refractivity contribution in [1.82, 2.24) is 4.98 Å². The van der Waals surface area contributed by atoms with Crippen LogP contribution >= 0.6 is 11.3 Å². The van der Waals surface area contributed by atoms with Crippen LogP contribution in [-0.2, 0) is 9.53 Å². The number of alkyl halides is 2. The van der Waals surface area contributed by atoms with Crippen LogP contribution in [0.1, 0.15) is 30.8 Å². The summed E-state index contributed by atoms with van der Waals surface area (Å²) in [5, 5.41) is 7.60. The molecule has 0 aliphatic rings. The Morgan fingerprint density at radius 2 is 2.00 bits per heavy atom. The summed E-state index contributed by atoms with van der Waals surface area (Å²) < 4.78 is 34.0. The number of benzene rings is 1. The Kier molecular flexibility index (Phi) is 8.12. The normalized spacial score (nSPS) is 10.8. The maximum Gasteiger partial charge on any atom is 0.387 e. The quantitative estimate of drug-likeness (QED) is 0.573. The standard InChI is InChI=1S/C18H21F2N3O4S/c1-11(2)7-8-21-18-23-13(10-28-18)16(25)26-9-15(24)22-12-5-3-4-6-14(12)27-17(19)20/h3-6,10-11,17H,7-9H2,1-2H3,(H,21,23)(H,22,24). The highest BCUT2D eigenvalue weighted by Gasteiger charge is 2.16. The Morgan fingerprint density at radius 3 is 2.71 bits per heavy atom. The number of carbonyl (C=O) groups excluding carboxylic acids is 2. The molecule has 2 rings (SSSR count). The molecule has 0 spiro atoms. The van der Waals surface area contributed by atoms with Crippen molar-refractivity contribution in [2.75, 3.05) is 23.8 Å². The second kappa shape index (κ2) is 10.5. The van der Waals surface area contributed by atoms with E-state index in [9.17, 15) is 18.4 Å². The van der Waals surface area contributed by atoms with Gasteiger partial charge in [-0.1, -0.05) is 26.0 Å². The molecule has 0 radical (unpaired) electrons. The van der Waals surface area contributed by atoms with E-state index in [0.29, 0.717) is 11.0 Å². The summed E-state index contributed by atoms with van der Waals surface area (Å²) in [4.78, 5) is 28.0. The maximum absolute atomic E-state index is 12.4. The zero-order chi connectivity index (χ0) is 20.5. The van der Waals surface area contributed by atoms with Gasteiger partial charge in [-0.2, -0.15) is 8.78 Å². The van der Waals surface area contributed by atoms with E-state index in [-0.39, 0.29) is 17.1 Å². The molecule has 0 atom stereocenters. The van der Waals surface area contributed by atoms with Crippen molar-refractivity contribution in [1.29, 1.82) is 0 Å². The number of esters is 1. The van der Waals surface area contributed by atoms with E-state index in [2.05, 4.69) is 34.2 Å². The van der Waals surface area contributed by atoms with Gasteiger partial charge in [-0.3, -0.25) is 4.79 Å². The lowest BCUT2D eigenvalue weighted by molar-refractivity contribution is -0.119. The molecule has 0 saturated heterocycles. The van der Waals surface area contributed by atoms with Gasteiger partial charge in [0.15, 0.2) is 17.4 Å². The van der Waals surface area contributed by atoms with Gasteiger partial charge in [0.25, 0.3) is 5.91 Å². The highest BCUT2D eigenvalue weighted by molar-refractivity contribution is 7.13. The molecule has 0 bridgehead atoms. The summed E-state index contributed by atoms with van der Waals surface area (Å²) in [6, 6.07) is 5.72. The largest absolute Gasteiger partial charge is 0.451 e. The molecule has 0 unspecified atom stereocenters. The lowest BCUT2D eigenvalue weighted by Gasteiger charge is -2.11. The van der Waals surface area contributed by atoms with E-state index in [1.807, 2.05) is 0 Å². The van der Waals surface area contributed by atoms with Crippen molar-refractivity contribution in [3.8, 4) is 5.75 Å². The van der Waals surface area contributed by atoms with Crippen LogP contribution < -0.4 is 15.4 Å². The number of nitrogens with zero attached hydrogens (tertiary/aromatic N) is 1. The first-order valence-corrected chi connectivity index (χ1v) is 9.43. The van der Waals surface area contributed by atoms with Crippen LogP contribution in [0.3, 0.4) is 0 Å². The molecule has 28 heavy (non-hydrogen) atoms. The Hall–Kier alpha value is -2.75. The van der Waals surface area contributed by atoms with E-state index in [4.69, 9.17) is 4.74 Å². The third kappa shape index (κ3) is 7.10. The Morgan fingerprint density at radius 1 is 1.25 bits per heavy atom. The Bertz CT molecular complexity index is 799. The fourth-order valence-electron chi connectivity index (χ4n) is 2.08. The molecular formula is C18H21F2N3O4S. The monoisotopic (exact) mass is 413 g/mol. The average Bonchev–Trinajstić information content (AvgIpc) is 3.09. The number of para-hydroxylation sites is 2. The fourth-order valence-corrected chi connectivity index (χ4v) is 2.79. The molecule has 1 amide bonds. The zero-order valence-corrected chi connectivity index (χ0v) is 16.2. The number of carbonyl (C=O) groups is 2. The van der Waals surface area contributed by atoms with Crippen LogP contribution in [0.5, 0.6) is 5.75 Å². The van der Waals surface area contributed by atoms with Crippen molar-refractivity contribution in [2.24, 2.45) is 5.92 Å². The van der Waals surface area contributed by atoms with E-state index < -0.39 is 25.1 Å². The van der Waals surface area contributed by atoms with E-state index in [1.165, 1.54) is 34.9 Å². The lowest BCUT2D eigenvalue weighted by Crippen LogP contribution is -2.21. The maximum atomic E-state index is 12.4. The molecule has 0 fully saturated rings. The number of nitrogens with one attached hydrogen (secondary N) is 2. The number of halogens is 2. The molecule has 2 aromatic rings. The summed E-state index contributed by atoms with van der Waals surface area (Å²) in [6.07, 6.45) is 0.969. The molecule has 152 valence electrons. The minimum absolute atomic E-state index is 0.0501. The topological polar surface area (TPSA) is 89.5 Å². The SMILES string of the molecule is CC(C)CCNc1nc(C(=O)OCC(=O)Nc2ccccc2OC(F)F)cs1. The molecule has 7 nitrogen and oxygen atoms in total. The van der Waals surface area contributed by atoms with Gasteiger partial charge in [-0.25, -0.2) is 9.78 Å². The third-order valence-electron chi connectivity index (χ3n) is 3.42.